The van der Waals surface area contributed by atoms with Crippen molar-refractivity contribution in [2.75, 3.05) is 0 Å². The minimum Gasteiger partial charge on any atom is -0.281 e. The normalized spacial score (nSPS) is 11.5. The van der Waals surface area contributed by atoms with E-state index >= 15 is 0 Å². The lowest BCUT2D eigenvalue weighted by Crippen LogP contribution is -1.88. The fourth-order valence-electron chi connectivity index (χ4n) is 2.13. The summed E-state index contributed by atoms with van der Waals surface area (Å²) in [6, 6.07) is 11.9. The molecule has 3 heterocycles. The first kappa shape index (κ1) is 8.64. The maximum Gasteiger partial charge on any atom is 0.178 e. The van der Waals surface area contributed by atoms with E-state index in [1.54, 1.807) is 12.5 Å². The third-order valence-corrected chi connectivity index (χ3v) is 2.92. The smallest absolute Gasteiger partial charge is 0.178 e. The summed E-state index contributed by atoms with van der Waals surface area (Å²) in [7, 11) is 0. The number of imidazole rings is 1. The van der Waals surface area contributed by atoms with Crippen LogP contribution < -0.4 is 0 Å². The monoisotopic (exact) mass is 220 g/mol. The first-order valence-electron chi connectivity index (χ1n) is 5.40. The summed E-state index contributed by atoms with van der Waals surface area (Å²) in [4.78, 5) is 13.2. The van der Waals surface area contributed by atoms with E-state index in [0.717, 1.165) is 27.7 Å². The van der Waals surface area contributed by atoms with Crippen LogP contribution in [0.1, 0.15) is 0 Å². The number of benzene rings is 1. The van der Waals surface area contributed by atoms with Crippen LogP contribution in [-0.2, 0) is 0 Å². The largest absolute Gasteiger partial charge is 0.281 e. The molecule has 0 aliphatic heterocycles. The van der Waals surface area contributed by atoms with Crippen molar-refractivity contribution in [3.63, 3.8) is 0 Å². The summed E-state index contributed by atoms with van der Waals surface area (Å²) in [5, 5.41) is 1.05. The molecule has 1 aromatic carbocycles. The van der Waals surface area contributed by atoms with E-state index in [1.807, 2.05) is 40.8 Å². The average Bonchev–Trinajstić information content (AvgIpc) is 2.78. The van der Waals surface area contributed by atoms with Gasteiger partial charge in [-0.2, -0.15) is 0 Å². The fourth-order valence-corrected chi connectivity index (χ4v) is 2.13. The van der Waals surface area contributed by atoms with E-state index < -0.39 is 0 Å². The van der Waals surface area contributed by atoms with Crippen molar-refractivity contribution in [3.8, 4) is 0 Å². The molecular weight excluding hydrogens is 212 g/mol. The Hall–Kier alpha value is -2.49. The van der Waals surface area contributed by atoms with Crippen molar-refractivity contribution in [2.45, 2.75) is 0 Å². The Morgan fingerprint density at radius 1 is 0.941 bits per heavy atom. The van der Waals surface area contributed by atoms with Crippen molar-refractivity contribution < 1.29 is 0 Å². The Morgan fingerprint density at radius 3 is 2.88 bits per heavy atom. The number of rotatable bonds is 0. The van der Waals surface area contributed by atoms with Gasteiger partial charge in [-0.25, -0.2) is 15.0 Å². The first-order chi connectivity index (χ1) is 8.43. The highest BCUT2D eigenvalue weighted by Gasteiger charge is 2.07. The fraction of sp³-hybridized carbons (Fsp3) is 0. The predicted octanol–water partition coefficient (Wildman–Crippen LogP) is 2.43. The Morgan fingerprint density at radius 2 is 1.88 bits per heavy atom. The van der Waals surface area contributed by atoms with E-state index in [2.05, 4.69) is 15.0 Å². The molecule has 0 saturated heterocycles. The van der Waals surface area contributed by atoms with E-state index in [0.29, 0.717) is 0 Å². The van der Waals surface area contributed by atoms with Crippen molar-refractivity contribution in [2.24, 2.45) is 0 Å². The van der Waals surface area contributed by atoms with Crippen LogP contribution in [0.5, 0.6) is 0 Å². The van der Waals surface area contributed by atoms with E-state index in [1.165, 1.54) is 0 Å². The maximum absolute atomic E-state index is 4.56. The van der Waals surface area contributed by atoms with Crippen LogP contribution in [0, 0.1) is 0 Å². The Bertz CT molecular complexity index is 848. The predicted molar refractivity (Wildman–Crippen MR) is 65.8 cm³/mol. The Labute approximate surface area is 96.6 Å². The van der Waals surface area contributed by atoms with E-state index in [9.17, 15) is 0 Å². The molecule has 4 rings (SSSR count). The molecule has 0 aliphatic carbocycles. The molecular formula is C13H8N4. The zero-order valence-electron chi connectivity index (χ0n) is 8.91. The SMILES string of the molecule is c1ccc2c(c1)ncn1c3cccnc3nc21. The summed E-state index contributed by atoms with van der Waals surface area (Å²) in [5.74, 6) is 0. The molecule has 4 nitrogen and oxygen atoms in total. The summed E-state index contributed by atoms with van der Waals surface area (Å²) in [5.41, 5.74) is 3.60. The van der Waals surface area contributed by atoms with Gasteiger partial charge in [0.25, 0.3) is 0 Å². The minimum absolute atomic E-state index is 0.755. The van der Waals surface area contributed by atoms with Gasteiger partial charge in [0, 0.05) is 11.6 Å². The standard InChI is InChI=1S/C13H8N4/c1-2-5-10-9(4-1)13-16-12-11(6-3-7-14-12)17(13)8-15-10/h1-8H. The topological polar surface area (TPSA) is 43.1 Å². The third kappa shape index (κ3) is 1.09. The second-order valence-electron chi connectivity index (χ2n) is 3.91. The van der Waals surface area contributed by atoms with Gasteiger partial charge in [0.2, 0.25) is 0 Å². The van der Waals surface area contributed by atoms with Crippen molar-refractivity contribution in [3.05, 3.63) is 48.9 Å². The van der Waals surface area contributed by atoms with Crippen LogP contribution in [0.3, 0.4) is 0 Å². The van der Waals surface area contributed by atoms with Gasteiger partial charge in [-0.05, 0) is 24.3 Å². The van der Waals surface area contributed by atoms with Gasteiger partial charge in [-0.1, -0.05) is 12.1 Å². The number of hydrogen-bond donors (Lipinski definition) is 0. The van der Waals surface area contributed by atoms with Gasteiger partial charge in [-0.15, -0.1) is 0 Å². The highest BCUT2D eigenvalue weighted by atomic mass is 15.1. The third-order valence-electron chi connectivity index (χ3n) is 2.92. The lowest BCUT2D eigenvalue weighted by Gasteiger charge is -1.98. The molecule has 0 spiro atoms. The summed E-state index contributed by atoms with van der Waals surface area (Å²) in [6.07, 6.45) is 3.55. The van der Waals surface area contributed by atoms with Gasteiger partial charge in [0.05, 0.1) is 11.0 Å². The number of pyridine rings is 1. The number of hydrogen-bond acceptors (Lipinski definition) is 3. The molecule has 0 unspecified atom stereocenters. The molecule has 0 radical (unpaired) electrons. The molecule has 0 fully saturated rings. The zero-order chi connectivity index (χ0) is 11.2. The number of nitrogens with zero attached hydrogens (tertiary/aromatic N) is 4. The molecule has 17 heavy (non-hydrogen) atoms. The molecule has 0 saturated carbocycles. The van der Waals surface area contributed by atoms with E-state index in [4.69, 9.17) is 0 Å². The second-order valence-corrected chi connectivity index (χ2v) is 3.91. The van der Waals surface area contributed by atoms with Gasteiger partial charge in [0.15, 0.2) is 11.3 Å². The molecule has 4 aromatic rings. The minimum atomic E-state index is 0.755. The molecule has 0 atom stereocenters. The molecule has 0 N–H and O–H groups in total. The lowest BCUT2D eigenvalue weighted by atomic mass is 10.2. The van der Waals surface area contributed by atoms with Gasteiger partial charge in [-0.3, -0.25) is 4.40 Å². The van der Waals surface area contributed by atoms with Crippen LogP contribution in [0.15, 0.2) is 48.9 Å². The maximum atomic E-state index is 4.56. The number of fused-ring (bicyclic) bond motifs is 5. The van der Waals surface area contributed by atoms with Crippen molar-refractivity contribution >= 4 is 27.7 Å². The average molecular weight is 220 g/mol. The summed E-state index contributed by atoms with van der Waals surface area (Å²) in [6.45, 7) is 0. The van der Waals surface area contributed by atoms with Crippen LogP contribution in [-0.4, -0.2) is 19.4 Å². The van der Waals surface area contributed by atoms with Crippen LogP contribution in [0.2, 0.25) is 0 Å². The van der Waals surface area contributed by atoms with Crippen LogP contribution >= 0.6 is 0 Å². The number of aromatic nitrogens is 4. The zero-order valence-corrected chi connectivity index (χ0v) is 8.91. The second kappa shape index (κ2) is 3.01. The van der Waals surface area contributed by atoms with Crippen LogP contribution in [0.4, 0.5) is 0 Å². The van der Waals surface area contributed by atoms with Crippen molar-refractivity contribution in [1.29, 1.82) is 0 Å². The molecule has 4 heteroatoms. The van der Waals surface area contributed by atoms with E-state index in [-0.39, 0.29) is 0 Å². The summed E-state index contributed by atoms with van der Waals surface area (Å²) < 4.78 is 1.98. The molecule has 0 aliphatic rings. The number of para-hydroxylation sites is 1. The van der Waals surface area contributed by atoms with Gasteiger partial charge < -0.3 is 0 Å². The highest BCUT2D eigenvalue weighted by Crippen LogP contribution is 2.20. The quantitative estimate of drug-likeness (QED) is 0.457. The van der Waals surface area contributed by atoms with Gasteiger partial charge >= 0.3 is 0 Å². The molecule has 3 aromatic heterocycles. The van der Waals surface area contributed by atoms with Gasteiger partial charge in [0.1, 0.15) is 6.33 Å². The lowest BCUT2D eigenvalue weighted by molar-refractivity contribution is 1.15. The first-order valence-corrected chi connectivity index (χ1v) is 5.40. The van der Waals surface area contributed by atoms with Crippen molar-refractivity contribution in [1.82, 2.24) is 19.4 Å². The Kier molecular flexibility index (Phi) is 1.53. The molecule has 0 bridgehead atoms. The Balaban J connectivity index is 2.34. The molecule has 80 valence electrons. The molecule has 0 amide bonds. The summed E-state index contributed by atoms with van der Waals surface area (Å²) >= 11 is 0. The highest BCUT2D eigenvalue weighted by molar-refractivity contribution is 5.94. The van der Waals surface area contributed by atoms with Crippen LogP contribution in [0.25, 0.3) is 27.7 Å².